The highest BCUT2D eigenvalue weighted by Gasteiger charge is 2.30. The fraction of sp³-hybridized carbons (Fsp3) is 0.588. The average molecular weight is 274 g/mol. The molecule has 1 aliphatic carbocycles. The molecule has 0 aromatic heterocycles. The highest BCUT2D eigenvalue weighted by Crippen LogP contribution is 2.35. The summed E-state index contributed by atoms with van der Waals surface area (Å²) in [7, 11) is 0. The van der Waals surface area contributed by atoms with Crippen LogP contribution in [0.4, 0.5) is 10.1 Å². The third kappa shape index (κ3) is 3.30. The van der Waals surface area contributed by atoms with Crippen LogP contribution >= 0.6 is 0 Å². The van der Waals surface area contributed by atoms with Gasteiger partial charge in [0, 0.05) is 6.04 Å². The van der Waals surface area contributed by atoms with Crippen molar-refractivity contribution >= 4 is 5.69 Å². The first kappa shape index (κ1) is 14.8. The molecule has 2 rings (SSSR count). The highest BCUT2D eigenvalue weighted by atomic mass is 19.1. The van der Waals surface area contributed by atoms with Gasteiger partial charge in [0.15, 0.2) is 0 Å². The van der Waals surface area contributed by atoms with E-state index in [2.05, 4.69) is 26.1 Å². The molecule has 2 nitrogen and oxygen atoms in total. The van der Waals surface area contributed by atoms with E-state index in [9.17, 15) is 4.39 Å². The summed E-state index contributed by atoms with van der Waals surface area (Å²) in [6.07, 6.45) is 3.55. The van der Waals surface area contributed by atoms with Crippen LogP contribution < -0.4 is 5.32 Å². The van der Waals surface area contributed by atoms with Gasteiger partial charge < -0.3 is 5.32 Å². The van der Waals surface area contributed by atoms with E-state index in [-0.39, 0.29) is 5.82 Å². The van der Waals surface area contributed by atoms with Crippen LogP contribution in [-0.4, -0.2) is 6.04 Å². The molecule has 0 aliphatic heterocycles. The van der Waals surface area contributed by atoms with Crippen molar-refractivity contribution in [3.8, 4) is 6.07 Å². The zero-order valence-corrected chi connectivity index (χ0v) is 12.5. The number of halogens is 1. The zero-order valence-electron chi connectivity index (χ0n) is 12.5. The van der Waals surface area contributed by atoms with Gasteiger partial charge in [-0.3, -0.25) is 0 Å². The molecule has 1 aromatic rings. The van der Waals surface area contributed by atoms with Crippen LogP contribution in [0.25, 0.3) is 0 Å². The molecule has 1 saturated carbocycles. The minimum absolute atomic E-state index is 0.321. The fourth-order valence-electron chi connectivity index (χ4n) is 3.27. The molecule has 1 fully saturated rings. The highest BCUT2D eigenvalue weighted by molar-refractivity contribution is 5.49. The van der Waals surface area contributed by atoms with Crippen LogP contribution in [0.2, 0.25) is 0 Å². The number of nitriles is 1. The van der Waals surface area contributed by atoms with Crippen LogP contribution in [0.5, 0.6) is 0 Å². The Morgan fingerprint density at radius 2 is 2.10 bits per heavy atom. The van der Waals surface area contributed by atoms with E-state index >= 15 is 0 Å². The molecule has 3 heteroatoms. The molecule has 1 aromatic carbocycles. The molecule has 1 aliphatic rings. The maximum Gasteiger partial charge on any atom is 0.147 e. The van der Waals surface area contributed by atoms with Crippen LogP contribution in [0, 0.1) is 34.9 Å². The second-order valence-electron chi connectivity index (χ2n) is 6.38. The lowest BCUT2D eigenvalue weighted by Crippen LogP contribution is -2.38. The maximum atomic E-state index is 14.0. The van der Waals surface area contributed by atoms with Gasteiger partial charge in [0.1, 0.15) is 5.82 Å². The minimum Gasteiger partial charge on any atom is -0.380 e. The number of hydrogen-bond acceptors (Lipinski definition) is 2. The van der Waals surface area contributed by atoms with E-state index in [4.69, 9.17) is 5.26 Å². The summed E-state index contributed by atoms with van der Waals surface area (Å²) in [5.74, 6) is 1.54. The van der Waals surface area contributed by atoms with E-state index < -0.39 is 0 Å². The summed E-state index contributed by atoms with van der Waals surface area (Å²) in [5, 5.41) is 12.2. The van der Waals surface area contributed by atoms with Gasteiger partial charge in [-0.1, -0.05) is 27.2 Å². The summed E-state index contributed by atoms with van der Waals surface area (Å²) < 4.78 is 14.0. The van der Waals surface area contributed by atoms with E-state index in [0.717, 1.165) is 6.42 Å². The number of nitrogens with zero attached hydrogens (tertiary/aromatic N) is 1. The molecule has 0 spiro atoms. The standard InChI is InChI=1S/C17H23FN2/c1-11(2)14-6-4-12(3)8-17(14)20-16-7-5-13(10-19)9-15(16)18/h5,7,9,11-12,14,17,20H,4,6,8H2,1-3H3. The van der Waals surface area contributed by atoms with E-state index in [1.54, 1.807) is 12.1 Å². The third-order valence-electron chi connectivity index (χ3n) is 4.46. The Bertz CT molecular complexity index is 504. The van der Waals surface area contributed by atoms with Crippen LogP contribution in [0.15, 0.2) is 18.2 Å². The predicted octanol–water partition coefficient (Wildman–Crippen LogP) is 4.57. The number of hydrogen-bond donors (Lipinski definition) is 1. The van der Waals surface area contributed by atoms with E-state index in [1.807, 2.05) is 6.07 Å². The zero-order chi connectivity index (χ0) is 14.7. The lowest BCUT2D eigenvalue weighted by Gasteiger charge is -2.38. The summed E-state index contributed by atoms with van der Waals surface area (Å²) in [6.45, 7) is 6.75. The Hall–Kier alpha value is -1.56. The SMILES string of the molecule is CC1CCC(C(C)C)C(Nc2ccc(C#N)cc2F)C1. The van der Waals surface area contributed by atoms with Crippen molar-refractivity contribution in [3.63, 3.8) is 0 Å². The van der Waals surface area contributed by atoms with Gasteiger partial charge in [-0.05, 0) is 48.8 Å². The summed E-state index contributed by atoms with van der Waals surface area (Å²) >= 11 is 0. The number of benzene rings is 1. The smallest absolute Gasteiger partial charge is 0.147 e. The van der Waals surface area contributed by atoms with Gasteiger partial charge in [0.05, 0.1) is 17.3 Å². The molecule has 1 N–H and O–H groups in total. The van der Waals surface area contributed by atoms with Crippen molar-refractivity contribution < 1.29 is 4.39 Å². The Morgan fingerprint density at radius 3 is 2.70 bits per heavy atom. The van der Waals surface area contributed by atoms with Gasteiger partial charge in [-0.25, -0.2) is 4.39 Å². The Labute approximate surface area is 121 Å². The number of nitrogens with one attached hydrogen (secondary N) is 1. The first-order valence-corrected chi connectivity index (χ1v) is 7.47. The summed E-state index contributed by atoms with van der Waals surface area (Å²) in [6, 6.07) is 6.94. The third-order valence-corrected chi connectivity index (χ3v) is 4.46. The van der Waals surface area contributed by atoms with Gasteiger partial charge in [0.2, 0.25) is 0 Å². The van der Waals surface area contributed by atoms with Crippen LogP contribution in [0.1, 0.15) is 45.6 Å². The van der Waals surface area contributed by atoms with E-state index in [1.165, 1.54) is 18.9 Å². The maximum absolute atomic E-state index is 14.0. The molecule has 20 heavy (non-hydrogen) atoms. The molecule has 0 saturated heterocycles. The number of rotatable bonds is 3. The van der Waals surface area contributed by atoms with Crippen molar-refractivity contribution in [2.45, 2.75) is 46.1 Å². The number of anilines is 1. The Balaban J connectivity index is 2.16. The van der Waals surface area contributed by atoms with Gasteiger partial charge in [0.25, 0.3) is 0 Å². The second kappa shape index (κ2) is 6.26. The fourth-order valence-corrected chi connectivity index (χ4v) is 3.27. The lowest BCUT2D eigenvalue weighted by atomic mass is 9.74. The Morgan fingerprint density at radius 1 is 1.35 bits per heavy atom. The monoisotopic (exact) mass is 274 g/mol. The molecule has 108 valence electrons. The minimum atomic E-state index is -0.329. The largest absolute Gasteiger partial charge is 0.380 e. The summed E-state index contributed by atoms with van der Waals surface area (Å²) in [4.78, 5) is 0. The molecule has 3 atom stereocenters. The molecular formula is C17H23FN2. The quantitative estimate of drug-likeness (QED) is 0.876. The van der Waals surface area contributed by atoms with Gasteiger partial charge in [-0.15, -0.1) is 0 Å². The first-order valence-electron chi connectivity index (χ1n) is 7.47. The first-order chi connectivity index (χ1) is 9.51. The lowest BCUT2D eigenvalue weighted by molar-refractivity contribution is 0.211. The average Bonchev–Trinajstić information content (AvgIpc) is 2.40. The van der Waals surface area contributed by atoms with Crippen molar-refractivity contribution in [2.75, 3.05) is 5.32 Å². The normalized spacial score (nSPS) is 26.3. The molecule has 0 heterocycles. The molecule has 3 unspecified atom stereocenters. The van der Waals surface area contributed by atoms with E-state index in [0.29, 0.717) is 35.0 Å². The van der Waals surface area contributed by atoms with Crippen molar-refractivity contribution in [1.29, 1.82) is 5.26 Å². The Kier molecular flexibility index (Phi) is 4.65. The molecular weight excluding hydrogens is 251 g/mol. The van der Waals surface area contributed by atoms with Crippen molar-refractivity contribution in [3.05, 3.63) is 29.6 Å². The van der Waals surface area contributed by atoms with Crippen molar-refractivity contribution in [2.24, 2.45) is 17.8 Å². The predicted molar refractivity (Wildman–Crippen MR) is 79.9 cm³/mol. The van der Waals surface area contributed by atoms with Gasteiger partial charge in [-0.2, -0.15) is 5.26 Å². The summed E-state index contributed by atoms with van der Waals surface area (Å²) in [5.41, 5.74) is 0.888. The van der Waals surface area contributed by atoms with Crippen molar-refractivity contribution in [1.82, 2.24) is 0 Å². The molecule has 0 bridgehead atoms. The second-order valence-corrected chi connectivity index (χ2v) is 6.38. The molecule has 0 amide bonds. The van der Waals surface area contributed by atoms with Crippen LogP contribution in [0.3, 0.4) is 0 Å². The van der Waals surface area contributed by atoms with Gasteiger partial charge >= 0.3 is 0 Å². The molecule has 0 radical (unpaired) electrons. The topological polar surface area (TPSA) is 35.8 Å². The van der Waals surface area contributed by atoms with Crippen LogP contribution in [-0.2, 0) is 0 Å².